The molecule has 0 heterocycles. The first-order chi connectivity index (χ1) is 11.0. The van der Waals surface area contributed by atoms with Gasteiger partial charge in [-0.15, -0.1) is 0 Å². The summed E-state index contributed by atoms with van der Waals surface area (Å²) in [5, 5.41) is 4.01. The molecule has 0 bridgehead atoms. The molecule has 23 heavy (non-hydrogen) atoms. The predicted molar refractivity (Wildman–Crippen MR) is 92.6 cm³/mol. The first-order valence-electron chi connectivity index (χ1n) is 9.23. The number of nitrogens with one attached hydrogen (secondary N) is 1. The Morgan fingerprint density at radius 2 is 1.74 bits per heavy atom. The van der Waals surface area contributed by atoms with Crippen LogP contribution in [0.1, 0.15) is 72.1 Å². The summed E-state index contributed by atoms with van der Waals surface area (Å²) in [7, 11) is 0. The van der Waals surface area contributed by atoms with Crippen molar-refractivity contribution in [3.8, 4) is 0 Å². The largest absolute Gasteiger partial charge is 0.304 e. The monoisotopic (exact) mass is 322 g/mol. The highest BCUT2D eigenvalue weighted by molar-refractivity contribution is 5.83. The first kappa shape index (κ1) is 18.2. The van der Waals surface area contributed by atoms with E-state index in [4.69, 9.17) is 0 Å². The van der Waals surface area contributed by atoms with Gasteiger partial charge in [0.05, 0.1) is 5.92 Å². The molecule has 1 unspecified atom stereocenters. The third kappa shape index (κ3) is 5.17. The minimum absolute atomic E-state index is 0.182. The minimum atomic E-state index is -0.469. The van der Waals surface area contributed by atoms with Crippen LogP contribution < -0.4 is 5.43 Å². The Labute approximate surface area is 139 Å². The average molecular weight is 322 g/mol. The van der Waals surface area contributed by atoms with Crippen molar-refractivity contribution in [1.82, 2.24) is 5.43 Å². The van der Waals surface area contributed by atoms with Gasteiger partial charge in [0.1, 0.15) is 5.94 Å². The number of allylic oxidation sites excluding steroid dienone is 1. The number of hydrogen-bond acceptors (Lipinski definition) is 3. The fraction of sp³-hybridized carbons (Fsp3) is 0.842. The second-order valence-electron chi connectivity index (χ2n) is 7.77. The molecule has 0 aromatic rings. The van der Waals surface area contributed by atoms with E-state index in [2.05, 4.69) is 31.3 Å². The lowest BCUT2D eigenvalue weighted by Gasteiger charge is -2.30. The van der Waals surface area contributed by atoms with E-state index in [1.807, 2.05) is 5.94 Å². The van der Waals surface area contributed by atoms with Crippen LogP contribution in [0.15, 0.2) is 10.7 Å². The van der Waals surface area contributed by atoms with Gasteiger partial charge in [0.15, 0.2) is 0 Å². The zero-order chi connectivity index (χ0) is 16.8. The fourth-order valence-corrected chi connectivity index (χ4v) is 3.86. The summed E-state index contributed by atoms with van der Waals surface area (Å²) in [5.41, 5.74) is 3.56. The van der Waals surface area contributed by atoms with Gasteiger partial charge in [-0.25, -0.2) is 4.79 Å². The molecule has 2 fully saturated rings. The topological polar surface area (TPSA) is 41.5 Å². The van der Waals surface area contributed by atoms with E-state index in [0.29, 0.717) is 30.3 Å². The molecule has 0 aliphatic heterocycles. The van der Waals surface area contributed by atoms with Crippen LogP contribution in [0.4, 0.5) is 4.39 Å². The van der Waals surface area contributed by atoms with Crippen molar-refractivity contribution in [2.75, 3.05) is 0 Å². The fourth-order valence-electron chi connectivity index (χ4n) is 3.86. The van der Waals surface area contributed by atoms with E-state index in [9.17, 15) is 9.18 Å². The lowest BCUT2D eigenvalue weighted by molar-refractivity contribution is 0.240. The summed E-state index contributed by atoms with van der Waals surface area (Å²) in [4.78, 5) is 11.1. The molecule has 1 N–H and O–H groups in total. The van der Waals surface area contributed by atoms with E-state index < -0.39 is 11.9 Å². The third-order valence-electron chi connectivity index (χ3n) is 5.84. The standard InChI is InChI=1S/C19H31FN2O/c1-13-4-8-16(9-5-13)15(3)21-22-19(20)18-11-7-14(2)6-10-17(18)12-23/h13-16,18,21H,4-11H2,1-3H3/b22-19-/t13?,14?,15-,16?,18-/m0/s1. The van der Waals surface area contributed by atoms with Gasteiger partial charge in [0.2, 0.25) is 5.97 Å². The number of carbonyl (C=O) groups excluding carboxylic acids is 1. The van der Waals surface area contributed by atoms with Crippen LogP contribution in [0.25, 0.3) is 0 Å². The predicted octanol–water partition coefficient (Wildman–Crippen LogP) is 4.66. The summed E-state index contributed by atoms with van der Waals surface area (Å²) in [5.74, 6) is 2.98. The number of hydrazone groups is 1. The molecule has 0 aromatic heterocycles. The van der Waals surface area contributed by atoms with Crippen molar-refractivity contribution >= 4 is 11.9 Å². The highest BCUT2D eigenvalue weighted by Gasteiger charge is 2.27. The Morgan fingerprint density at radius 1 is 1.13 bits per heavy atom. The van der Waals surface area contributed by atoms with Crippen molar-refractivity contribution in [2.45, 2.75) is 78.2 Å². The van der Waals surface area contributed by atoms with Crippen LogP contribution in [0.2, 0.25) is 0 Å². The number of rotatable bonds is 4. The Morgan fingerprint density at radius 3 is 2.39 bits per heavy atom. The molecule has 3 atom stereocenters. The molecule has 0 radical (unpaired) electrons. The summed E-state index contributed by atoms with van der Waals surface area (Å²) in [6, 6.07) is 0.182. The summed E-state index contributed by atoms with van der Waals surface area (Å²) in [6.45, 7) is 6.54. The number of nitrogens with zero attached hydrogens (tertiary/aromatic N) is 1. The molecule has 4 heteroatoms. The maximum absolute atomic E-state index is 14.5. The zero-order valence-corrected chi connectivity index (χ0v) is 14.8. The smallest absolute Gasteiger partial charge is 0.215 e. The van der Waals surface area contributed by atoms with Crippen LogP contribution in [0.3, 0.4) is 0 Å². The molecule has 2 saturated carbocycles. The van der Waals surface area contributed by atoms with Gasteiger partial charge in [-0.3, -0.25) is 0 Å². The number of hydrogen-bond donors (Lipinski definition) is 1. The minimum Gasteiger partial charge on any atom is -0.304 e. The SMILES string of the molecule is CC1CCC([C@H](C)N/N=C(\F)[C@H]2CCC(C)CCC2=C=O)CC1. The van der Waals surface area contributed by atoms with E-state index in [1.54, 1.807) is 0 Å². The van der Waals surface area contributed by atoms with Gasteiger partial charge in [0, 0.05) is 11.6 Å². The van der Waals surface area contributed by atoms with Crippen molar-refractivity contribution in [1.29, 1.82) is 0 Å². The van der Waals surface area contributed by atoms with E-state index in [-0.39, 0.29) is 6.04 Å². The lowest BCUT2D eigenvalue weighted by Crippen LogP contribution is -2.33. The maximum Gasteiger partial charge on any atom is 0.215 e. The molecule has 0 saturated heterocycles. The molecule has 0 amide bonds. The molecule has 2 aliphatic carbocycles. The van der Waals surface area contributed by atoms with Gasteiger partial charge in [-0.05, 0) is 63.2 Å². The van der Waals surface area contributed by atoms with E-state index in [1.165, 1.54) is 25.7 Å². The van der Waals surface area contributed by atoms with Crippen molar-refractivity contribution < 1.29 is 9.18 Å². The third-order valence-corrected chi connectivity index (χ3v) is 5.84. The number of halogens is 1. The highest BCUT2D eigenvalue weighted by Crippen LogP contribution is 2.32. The van der Waals surface area contributed by atoms with Crippen molar-refractivity contribution in [2.24, 2.45) is 28.8 Å². The Hall–Kier alpha value is -1.15. The van der Waals surface area contributed by atoms with Crippen molar-refractivity contribution in [3.05, 3.63) is 5.57 Å². The Balaban J connectivity index is 1.93. The second kappa shape index (κ2) is 8.63. The molecular weight excluding hydrogens is 291 g/mol. The molecule has 130 valence electrons. The van der Waals surface area contributed by atoms with Crippen LogP contribution in [0, 0.1) is 23.7 Å². The highest BCUT2D eigenvalue weighted by atomic mass is 19.1. The van der Waals surface area contributed by atoms with Crippen LogP contribution >= 0.6 is 0 Å². The lowest BCUT2D eigenvalue weighted by atomic mass is 9.80. The van der Waals surface area contributed by atoms with Gasteiger partial charge in [-0.1, -0.05) is 26.7 Å². The molecule has 3 nitrogen and oxygen atoms in total. The maximum atomic E-state index is 14.5. The zero-order valence-electron chi connectivity index (χ0n) is 14.8. The molecule has 0 spiro atoms. The molecule has 0 aromatic carbocycles. The quantitative estimate of drug-likeness (QED) is 0.354. The normalized spacial score (nSPS) is 34.4. The Kier molecular flexibility index (Phi) is 6.83. The molecule has 2 aliphatic rings. The summed E-state index contributed by atoms with van der Waals surface area (Å²) in [6.07, 6.45) is 8.07. The molecular formula is C19H31FN2O. The van der Waals surface area contributed by atoms with Crippen LogP contribution in [-0.2, 0) is 4.79 Å². The van der Waals surface area contributed by atoms with Gasteiger partial charge >= 0.3 is 0 Å². The Bertz CT molecular complexity index is 462. The first-order valence-corrected chi connectivity index (χ1v) is 9.23. The second-order valence-corrected chi connectivity index (χ2v) is 7.77. The van der Waals surface area contributed by atoms with Gasteiger partial charge in [0.25, 0.3) is 0 Å². The van der Waals surface area contributed by atoms with Crippen molar-refractivity contribution in [3.63, 3.8) is 0 Å². The summed E-state index contributed by atoms with van der Waals surface area (Å²) < 4.78 is 14.5. The van der Waals surface area contributed by atoms with Crippen LogP contribution in [0.5, 0.6) is 0 Å². The summed E-state index contributed by atoms with van der Waals surface area (Å²) >= 11 is 0. The van der Waals surface area contributed by atoms with Gasteiger partial charge in [-0.2, -0.15) is 9.49 Å². The van der Waals surface area contributed by atoms with Crippen LogP contribution in [-0.4, -0.2) is 17.9 Å². The molecule has 2 rings (SSSR count). The average Bonchev–Trinajstić information content (AvgIpc) is 2.74. The van der Waals surface area contributed by atoms with Gasteiger partial charge < -0.3 is 5.43 Å². The van der Waals surface area contributed by atoms with E-state index >= 15 is 0 Å². The van der Waals surface area contributed by atoms with E-state index in [0.717, 1.165) is 18.8 Å².